The first-order valence-electron chi connectivity index (χ1n) is 4.64. The fourth-order valence-electron chi connectivity index (χ4n) is 1.41. The van der Waals surface area contributed by atoms with Gasteiger partial charge in [0.2, 0.25) is 0 Å². The lowest BCUT2D eigenvalue weighted by Crippen LogP contribution is -2.26. The number of rotatable bonds is 4. The lowest BCUT2D eigenvalue weighted by Gasteiger charge is -2.11. The summed E-state index contributed by atoms with van der Waals surface area (Å²) in [7, 11) is 0. The molecule has 1 unspecified atom stereocenters. The number of hydrogen-bond donors (Lipinski definition) is 1. The van der Waals surface area contributed by atoms with Crippen LogP contribution in [0.1, 0.15) is 33.1 Å². The summed E-state index contributed by atoms with van der Waals surface area (Å²) in [6.45, 7) is 6.43. The molecule has 0 aromatic carbocycles. The van der Waals surface area contributed by atoms with Crippen LogP contribution in [-0.2, 0) is 4.74 Å². The smallest absolute Gasteiger partial charge is 0.0588 e. The first-order chi connectivity index (χ1) is 5.29. The van der Waals surface area contributed by atoms with Crippen molar-refractivity contribution in [2.24, 2.45) is 0 Å². The van der Waals surface area contributed by atoms with Crippen LogP contribution in [0.3, 0.4) is 0 Å². The van der Waals surface area contributed by atoms with E-state index in [2.05, 4.69) is 19.2 Å². The van der Waals surface area contributed by atoms with Crippen molar-refractivity contribution in [3.05, 3.63) is 0 Å². The van der Waals surface area contributed by atoms with Crippen LogP contribution in [0.25, 0.3) is 0 Å². The Bertz CT molecular complexity index is 97.7. The van der Waals surface area contributed by atoms with Gasteiger partial charge in [-0.25, -0.2) is 0 Å². The minimum atomic E-state index is 0.543. The van der Waals surface area contributed by atoms with Crippen LogP contribution in [0.5, 0.6) is 0 Å². The van der Waals surface area contributed by atoms with Crippen molar-refractivity contribution in [3.8, 4) is 0 Å². The van der Waals surface area contributed by atoms with Gasteiger partial charge in [-0.1, -0.05) is 13.8 Å². The summed E-state index contributed by atoms with van der Waals surface area (Å²) >= 11 is 0. The molecule has 0 amide bonds. The van der Waals surface area contributed by atoms with Crippen molar-refractivity contribution in [2.75, 3.05) is 13.2 Å². The van der Waals surface area contributed by atoms with Crippen LogP contribution in [0.4, 0.5) is 0 Å². The first-order valence-corrected chi connectivity index (χ1v) is 4.64. The summed E-state index contributed by atoms with van der Waals surface area (Å²) < 4.78 is 5.49. The maximum absolute atomic E-state index is 5.49. The normalized spacial score (nSPS) is 24.8. The average molecular weight is 157 g/mol. The van der Waals surface area contributed by atoms with Gasteiger partial charge in [0.25, 0.3) is 0 Å². The molecule has 1 saturated heterocycles. The summed E-state index contributed by atoms with van der Waals surface area (Å²) in [5.74, 6) is 0. The van der Waals surface area contributed by atoms with Crippen LogP contribution >= 0.6 is 0 Å². The molecule has 0 aromatic heterocycles. The lowest BCUT2D eigenvalue weighted by molar-refractivity contribution is 0.104. The Labute approximate surface area is 69.3 Å². The molecule has 2 heteroatoms. The zero-order valence-electron chi connectivity index (χ0n) is 7.60. The SMILES string of the molecule is CC(C)NCCC1CCCO1. The zero-order chi connectivity index (χ0) is 8.10. The molecule has 0 aromatic rings. The van der Waals surface area contributed by atoms with Crippen LogP contribution in [0.2, 0.25) is 0 Å². The topological polar surface area (TPSA) is 21.3 Å². The van der Waals surface area contributed by atoms with Gasteiger partial charge in [-0.2, -0.15) is 0 Å². The quantitative estimate of drug-likeness (QED) is 0.668. The van der Waals surface area contributed by atoms with Gasteiger partial charge >= 0.3 is 0 Å². The largest absolute Gasteiger partial charge is 0.378 e. The monoisotopic (exact) mass is 157 g/mol. The Balaban J connectivity index is 1.94. The highest BCUT2D eigenvalue weighted by molar-refractivity contribution is 4.66. The van der Waals surface area contributed by atoms with E-state index < -0.39 is 0 Å². The van der Waals surface area contributed by atoms with Crippen molar-refractivity contribution >= 4 is 0 Å². The molecule has 1 heterocycles. The Morgan fingerprint density at radius 1 is 1.55 bits per heavy atom. The average Bonchev–Trinajstić information content (AvgIpc) is 2.39. The summed E-state index contributed by atoms with van der Waals surface area (Å²) in [6.07, 6.45) is 4.24. The van der Waals surface area contributed by atoms with Crippen molar-refractivity contribution < 1.29 is 4.74 Å². The van der Waals surface area contributed by atoms with E-state index in [0.29, 0.717) is 12.1 Å². The minimum absolute atomic E-state index is 0.543. The number of ether oxygens (including phenoxy) is 1. The van der Waals surface area contributed by atoms with E-state index in [1.54, 1.807) is 0 Å². The molecular weight excluding hydrogens is 138 g/mol. The third kappa shape index (κ3) is 3.73. The predicted molar refractivity (Wildman–Crippen MR) is 46.7 cm³/mol. The molecule has 0 aliphatic carbocycles. The second kappa shape index (κ2) is 4.73. The second-order valence-electron chi connectivity index (χ2n) is 3.53. The molecule has 0 saturated carbocycles. The molecule has 1 rings (SSSR count). The van der Waals surface area contributed by atoms with Gasteiger partial charge in [-0.15, -0.1) is 0 Å². The van der Waals surface area contributed by atoms with Gasteiger partial charge in [-0.05, 0) is 25.8 Å². The van der Waals surface area contributed by atoms with E-state index in [0.717, 1.165) is 13.2 Å². The molecule has 1 aliphatic rings. The van der Waals surface area contributed by atoms with Crippen molar-refractivity contribution in [1.82, 2.24) is 5.32 Å². The molecule has 1 aliphatic heterocycles. The summed E-state index contributed by atoms with van der Waals surface area (Å²) in [5.41, 5.74) is 0. The van der Waals surface area contributed by atoms with E-state index in [1.165, 1.54) is 19.3 Å². The Kier molecular flexibility index (Phi) is 3.87. The van der Waals surface area contributed by atoms with Crippen LogP contribution < -0.4 is 5.32 Å². The van der Waals surface area contributed by atoms with Gasteiger partial charge in [0.05, 0.1) is 6.10 Å². The van der Waals surface area contributed by atoms with Crippen LogP contribution in [0, 0.1) is 0 Å². The lowest BCUT2D eigenvalue weighted by atomic mass is 10.2. The van der Waals surface area contributed by atoms with E-state index in [4.69, 9.17) is 4.74 Å². The molecule has 11 heavy (non-hydrogen) atoms. The summed E-state index contributed by atoms with van der Waals surface area (Å²) in [4.78, 5) is 0. The van der Waals surface area contributed by atoms with Gasteiger partial charge in [0, 0.05) is 12.6 Å². The fraction of sp³-hybridized carbons (Fsp3) is 1.00. The molecule has 0 radical (unpaired) electrons. The molecule has 0 bridgehead atoms. The Morgan fingerprint density at radius 2 is 2.36 bits per heavy atom. The van der Waals surface area contributed by atoms with E-state index in [-0.39, 0.29) is 0 Å². The summed E-state index contributed by atoms with van der Waals surface area (Å²) in [6, 6.07) is 0.608. The molecule has 0 spiro atoms. The molecule has 1 N–H and O–H groups in total. The van der Waals surface area contributed by atoms with Crippen LogP contribution in [-0.4, -0.2) is 25.3 Å². The van der Waals surface area contributed by atoms with Gasteiger partial charge in [0.15, 0.2) is 0 Å². The number of nitrogens with one attached hydrogen (secondary N) is 1. The predicted octanol–water partition coefficient (Wildman–Crippen LogP) is 1.55. The summed E-state index contributed by atoms with van der Waals surface area (Å²) in [5, 5.41) is 3.39. The van der Waals surface area contributed by atoms with E-state index >= 15 is 0 Å². The Morgan fingerprint density at radius 3 is 2.91 bits per heavy atom. The molecule has 1 fully saturated rings. The standard InChI is InChI=1S/C9H19NO/c1-8(2)10-6-5-9-4-3-7-11-9/h8-10H,3-7H2,1-2H3. The van der Waals surface area contributed by atoms with E-state index in [9.17, 15) is 0 Å². The Hall–Kier alpha value is -0.0800. The highest BCUT2D eigenvalue weighted by atomic mass is 16.5. The minimum Gasteiger partial charge on any atom is -0.378 e. The molecule has 2 nitrogen and oxygen atoms in total. The van der Waals surface area contributed by atoms with Crippen molar-refractivity contribution in [2.45, 2.75) is 45.3 Å². The van der Waals surface area contributed by atoms with Crippen molar-refractivity contribution in [3.63, 3.8) is 0 Å². The van der Waals surface area contributed by atoms with Crippen LogP contribution in [0.15, 0.2) is 0 Å². The second-order valence-corrected chi connectivity index (χ2v) is 3.53. The maximum atomic E-state index is 5.49. The number of hydrogen-bond acceptors (Lipinski definition) is 2. The third-order valence-electron chi connectivity index (χ3n) is 2.04. The van der Waals surface area contributed by atoms with Crippen molar-refractivity contribution in [1.29, 1.82) is 0 Å². The molecule has 66 valence electrons. The highest BCUT2D eigenvalue weighted by Crippen LogP contribution is 2.14. The third-order valence-corrected chi connectivity index (χ3v) is 2.04. The van der Waals surface area contributed by atoms with Gasteiger partial charge in [-0.3, -0.25) is 0 Å². The van der Waals surface area contributed by atoms with Gasteiger partial charge < -0.3 is 10.1 Å². The van der Waals surface area contributed by atoms with E-state index in [1.807, 2.05) is 0 Å². The maximum Gasteiger partial charge on any atom is 0.0588 e. The fourth-order valence-corrected chi connectivity index (χ4v) is 1.41. The molecule has 1 atom stereocenters. The molecular formula is C9H19NO. The van der Waals surface area contributed by atoms with Gasteiger partial charge in [0.1, 0.15) is 0 Å². The highest BCUT2D eigenvalue weighted by Gasteiger charge is 2.14. The zero-order valence-corrected chi connectivity index (χ0v) is 7.60. The first kappa shape index (κ1) is 9.01.